The van der Waals surface area contributed by atoms with Crippen LogP contribution >= 0.6 is 0 Å². The molecule has 24 heavy (non-hydrogen) atoms. The van der Waals surface area contributed by atoms with Crippen molar-refractivity contribution in [2.75, 3.05) is 7.11 Å². The van der Waals surface area contributed by atoms with Crippen LogP contribution in [0, 0.1) is 0 Å². The van der Waals surface area contributed by atoms with E-state index in [-0.39, 0.29) is 19.0 Å². The number of ether oxygens (including phenoxy) is 2. The minimum atomic E-state index is -1.02. The van der Waals surface area contributed by atoms with Crippen LogP contribution in [0.2, 0.25) is 0 Å². The Balaban J connectivity index is 1.82. The molecule has 1 amide bonds. The summed E-state index contributed by atoms with van der Waals surface area (Å²) in [5.41, 5.74) is 0.459. The van der Waals surface area contributed by atoms with Gasteiger partial charge in [0.1, 0.15) is 23.7 Å². The largest absolute Gasteiger partial charge is 0.497 e. The van der Waals surface area contributed by atoms with Gasteiger partial charge in [-0.1, -0.05) is 5.21 Å². The molecule has 2 aromatic rings. The van der Waals surface area contributed by atoms with Crippen molar-refractivity contribution in [2.24, 2.45) is 0 Å². The molecule has 9 nitrogen and oxygen atoms in total. The second-order valence-electron chi connectivity index (χ2n) is 4.95. The number of carboxylic acids is 1. The maximum Gasteiger partial charge on any atom is 0.325 e. The van der Waals surface area contributed by atoms with E-state index in [1.54, 1.807) is 38.3 Å². The Labute approximate surface area is 138 Å². The number of amides is 1. The highest BCUT2D eigenvalue weighted by molar-refractivity contribution is 5.80. The van der Waals surface area contributed by atoms with Gasteiger partial charge in [-0.2, -0.15) is 0 Å². The van der Waals surface area contributed by atoms with E-state index >= 15 is 0 Å². The van der Waals surface area contributed by atoms with Crippen LogP contribution in [-0.2, 0) is 22.7 Å². The Morgan fingerprint density at radius 2 is 1.96 bits per heavy atom. The maximum atomic E-state index is 12.0. The summed E-state index contributed by atoms with van der Waals surface area (Å²) in [4.78, 5) is 22.6. The third-order valence-electron chi connectivity index (χ3n) is 3.07. The van der Waals surface area contributed by atoms with Crippen LogP contribution in [0.5, 0.6) is 11.5 Å². The molecule has 2 N–H and O–H groups in total. The number of hydrogen-bond acceptors (Lipinski definition) is 6. The smallest absolute Gasteiger partial charge is 0.325 e. The van der Waals surface area contributed by atoms with Gasteiger partial charge >= 0.3 is 5.97 Å². The van der Waals surface area contributed by atoms with E-state index < -0.39 is 12.1 Å². The SMILES string of the molecule is COc1ccc(OC(C)C(=O)NCc2cn(CC(=O)O)nn2)cc1. The van der Waals surface area contributed by atoms with E-state index in [0.29, 0.717) is 17.2 Å². The summed E-state index contributed by atoms with van der Waals surface area (Å²) < 4.78 is 11.8. The summed E-state index contributed by atoms with van der Waals surface area (Å²) in [6.07, 6.45) is 0.760. The van der Waals surface area contributed by atoms with E-state index in [4.69, 9.17) is 14.6 Å². The monoisotopic (exact) mass is 334 g/mol. The quantitative estimate of drug-likeness (QED) is 0.720. The molecule has 0 saturated carbocycles. The van der Waals surface area contributed by atoms with Crippen molar-refractivity contribution in [1.82, 2.24) is 20.3 Å². The first-order valence-corrected chi connectivity index (χ1v) is 7.17. The zero-order chi connectivity index (χ0) is 17.5. The summed E-state index contributed by atoms with van der Waals surface area (Å²) in [6, 6.07) is 6.89. The van der Waals surface area contributed by atoms with E-state index in [9.17, 15) is 9.59 Å². The Kier molecular flexibility index (Phi) is 5.72. The van der Waals surface area contributed by atoms with Crippen LogP contribution in [0.25, 0.3) is 0 Å². The lowest BCUT2D eigenvalue weighted by Crippen LogP contribution is -2.36. The van der Waals surface area contributed by atoms with Crippen molar-refractivity contribution in [2.45, 2.75) is 26.1 Å². The number of carbonyl (C=O) groups excluding carboxylic acids is 1. The number of carboxylic acid groups (broad SMARTS) is 1. The number of nitrogens with one attached hydrogen (secondary N) is 1. The number of aromatic nitrogens is 3. The first kappa shape index (κ1) is 17.3. The molecule has 0 aliphatic rings. The van der Waals surface area contributed by atoms with E-state index in [2.05, 4.69) is 15.6 Å². The molecule has 0 aliphatic carbocycles. The molecule has 128 valence electrons. The molecule has 1 aromatic carbocycles. The molecule has 0 bridgehead atoms. The first-order valence-electron chi connectivity index (χ1n) is 7.17. The van der Waals surface area contributed by atoms with Gasteiger partial charge in [-0.15, -0.1) is 5.10 Å². The molecule has 1 heterocycles. The van der Waals surface area contributed by atoms with Crippen molar-refractivity contribution < 1.29 is 24.2 Å². The van der Waals surface area contributed by atoms with Crippen molar-refractivity contribution in [3.05, 3.63) is 36.2 Å². The fraction of sp³-hybridized carbons (Fsp3) is 0.333. The van der Waals surface area contributed by atoms with Gasteiger partial charge in [-0.05, 0) is 31.2 Å². The molecule has 0 spiro atoms. The van der Waals surface area contributed by atoms with E-state index in [0.717, 1.165) is 0 Å². The van der Waals surface area contributed by atoms with Gasteiger partial charge in [-0.25, -0.2) is 4.68 Å². The highest BCUT2D eigenvalue weighted by atomic mass is 16.5. The van der Waals surface area contributed by atoms with Crippen LogP contribution in [0.4, 0.5) is 0 Å². The summed E-state index contributed by atoms with van der Waals surface area (Å²) >= 11 is 0. The third-order valence-corrected chi connectivity index (χ3v) is 3.07. The first-order chi connectivity index (χ1) is 11.5. The highest BCUT2D eigenvalue weighted by Crippen LogP contribution is 2.18. The molecule has 0 fully saturated rings. The van der Waals surface area contributed by atoms with Crippen LogP contribution in [-0.4, -0.2) is 45.2 Å². The molecule has 0 aliphatic heterocycles. The van der Waals surface area contributed by atoms with Gasteiger partial charge < -0.3 is 19.9 Å². The third kappa shape index (κ3) is 4.97. The average Bonchev–Trinajstić information content (AvgIpc) is 3.00. The molecule has 0 saturated heterocycles. The molecule has 1 atom stereocenters. The number of carbonyl (C=O) groups is 2. The minimum Gasteiger partial charge on any atom is -0.497 e. The van der Waals surface area contributed by atoms with Gasteiger partial charge in [0.2, 0.25) is 0 Å². The summed E-state index contributed by atoms with van der Waals surface area (Å²) in [6.45, 7) is 1.48. The average molecular weight is 334 g/mol. The molecule has 1 unspecified atom stereocenters. The summed E-state index contributed by atoms with van der Waals surface area (Å²) in [5.74, 6) is -0.0923. The molecular weight excluding hydrogens is 316 g/mol. The van der Waals surface area contributed by atoms with Crippen molar-refractivity contribution in [3.63, 3.8) is 0 Å². The zero-order valence-electron chi connectivity index (χ0n) is 13.3. The van der Waals surface area contributed by atoms with Gasteiger partial charge in [0, 0.05) is 0 Å². The van der Waals surface area contributed by atoms with Crippen molar-refractivity contribution in [3.8, 4) is 11.5 Å². The standard InChI is InChI=1S/C15H18N4O5/c1-10(24-13-5-3-12(23-2)4-6-13)15(22)16-7-11-8-19(18-17-11)9-14(20)21/h3-6,8,10H,7,9H2,1-2H3,(H,16,22)(H,20,21). The van der Waals surface area contributed by atoms with Gasteiger partial charge in [0.15, 0.2) is 6.10 Å². The van der Waals surface area contributed by atoms with Gasteiger partial charge in [0.25, 0.3) is 5.91 Å². The van der Waals surface area contributed by atoms with Crippen LogP contribution < -0.4 is 14.8 Å². The predicted octanol–water partition coefficient (Wildman–Crippen LogP) is 0.455. The number of nitrogens with zero attached hydrogens (tertiary/aromatic N) is 3. The van der Waals surface area contributed by atoms with Crippen molar-refractivity contribution in [1.29, 1.82) is 0 Å². The lowest BCUT2D eigenvalue weighted by molar-refractivity contribution is -0.138. The van der Waals surface area contributed by atoms with E-state index in [1.165, 1.54) is 10.9 Å². The minimum absolute atomic E-state index is 0.134. The van der Waals surface area contributed by atoms with E-state index in [1.807, 2.05) is 0 Å². The normalized spacial score (nSPS) is 11.6. The van der Waals surface area contributed by atoms with Crippen LogP contribution in [0.1, 0.15) is 12.6 Å². The maximum absolute atomic E-state index is 12.0. The lowest BCUT2D eigenvalue weighted by Gasteiger charge is -2.14. The van der Waals surface area contributed by atoms with Crippen LogP contribution in [0.15, 0.2) is 30.5 Å². The number of methoxy groups -OCH3 is 1. The number of aliphatic carboxylic acids is 1. The summed E-state index contributed by atoms with van der Waals surface area (Å²) in [7, 11) is 1.57. The Hall–Kier alpha value is -3.10. The lowest BCUT2D eigenvalue weighted by atomic mass is 10.3. The fourth-order valence-corrected chi connectivity index (χ4v) is 1.87. The number of hydrogen-bond donors (Lipinski definition) is 2. The highest BCUT2D eigenvalue weighted by Gasteiger charge is 2.15. The zero-order valence-corrected chi connectivity index (χ0v) is 13.3. The number of benzene rings is 1. The second-order valence-corrected chi connectivity index (χ2v) is 4.95. The molecule has 1 aromatic heterocycles. The Bertz CT molecular complexity index is 698. The Morgan fingerprint density at radius 3 is 2.58 bits per heavy atom. The van der Waals surface area contributed by atoms with Gasteiger partial charge in [0.05, 0.1) is 19.9 Å². The topological polar surface area (TPSA) is 116 Å². The molecule has 0 radical (unpaired) electrons. The van der Waals surface area contributed by atoms with Gasteiger partial charge in [-0.3, -0.25) is 9.59 Å². The summed E-state index contributed by atoms with van der Waals surface area (Å²) in [5, 5.41) is 18.8. The molecule has 2 rings (SSSR count). The van der Waals surface area contributed by atoms with Crippen LogP contribution in [0.3, 0.4) is 0 Å². The van der Waals surface area contributed by atoms with Crippen molar-refractivity contribution >= 4 is 11.9 Å². The Morgan fingerprint density at radius 1 is 1.29 bits per heavy atom. The number of rotatable bonds is 8. The predicted molar refractivity (Wildman–Crippen MR) is 82.6 cm³/mol. The molecular formula is C15H18N4O5. The fourth-order valence-electron chi connectivity index (χ4n) is 1.87. The second kappa shape index (κ2) is 7.95. The molecule has 9 heteroatoms.